The second-order valence-corrected chi connectivity index (χ2v) is 4.96. The molecule has 2 nitrogen and oxygen atoms in total. The Morgan fingerprint density at radius 1 is 1.26 bits per heavy atom. The van der Waals surface area contributed by atoms with E-state index in [4.69, 9.17) is 0 Å². The van der Waals surface area contributed by atoms with E-state index in [1.807, 2.05) is 13.8 Å². The highest BCUT2D eigenvalue weighted by atomic mass is 19.4. The van der Waals surface area contributed by atoms with E-state index in [0.717, 1.165) is 16.7 Å². The SMILES string of the molecule is CC(C)Cc1nc2cc(F)ccc2n1CC(F)(F)F. The summed E-state index contributed by atoms with van der Waals surface area (Å²) in [5.74, 6) is 0.0156. The molecule has 1 heterocycles. The molecular weight excluding hydrogens is 260 g/mol. The van der Waals surface area contributed by atoms with Crippen molar-refractivity contribution in [3.63, 3.8) is 0 Å². The number of fused-ring (bicyclic) bond motifs is 1. The van der Waals surface area contributed by atoms with E-state index >= 15 is 0 Å². The van der Waals surface area contributed by atoms with E-state index in [2.05, 4.69) is 4.98 Å². The van der Waals surface area contributed by atoms with Crippen molar-refractivity contribution in [2.45, 2.75) is 33.0 Å². The van der Waals surface area contributed by atoms with Crippen LogP contribution in [0.15, 0.2) is 18.2 Å². The van der Waals surface area contributed by atoms with Crippen LogP contribution < -0.4 is 0 Å². The summed E-state index contributed by atoms with van der Waals surface area (Å²) in [6.07, 6.45) is -3.90. The van der Waals surface area contributed by atoms with Crippen molar-refractivity contribution in [3.05, 3.63) is 29.8 Å². The fraction of sp³-hybridized carbons (Fsp3) is 0.462. The van der Waals surface area contributed by atoms with Crippen molar-refractivity contribution in [2.24, 2.45) is 5.92 Å². The average Bonchev–Trinajstić information content (AvgIpc) is 2.52. The van der Waals surface area contributed by atoms with Crippen molar-refractivity contribution in [2.75, 3.05) is 0 Å². The van der Waals surface area contributed by atoms with Gasteiger partial charge in [-0.15, -0.1) is 0 Å². The molecule has 0 amide bonds. The Morgan fingerprint density at radius 3 is 2.53 bits per heavy atom. The van der Waals surface area contributed by atoms with Crippen molar-refractivity contribution >= 4 is 11.0 Å². The van der Waals surface area contributed by atoms with Crippen molar-refractivity contribution < 1.29 is 17.6 Å². The maximum absolute atomic E-state index is 13.1. The van der Waals surface area contributed by atoms with Gasteiger partial charge in [-0.25, -0.2) is 9.37 Å². The van der Waals surface area contributed by atoms with Crippen LogP contribution in [0.1, 0.15) is 19.7 Å². The van der Waals surface area contributed by atoms with Gasteiger partial charge in [-0.3, -0.25) is 0 Å². The van der Waals surface area contributed by atoms with E-state index in [-0.39, 0.29) is 11.4 Å². The van der Waals surface area contributed by atoms with Crippen LogP contribution in [-0.4, -0.2) is 15.7 Å². The summed E-state index contributed by atoms with van der Waals surface area (Å²) in [6.45, 7) is 2.70. The molecule has 0 N–H and O–H groups in total. The molecule has 0 spiro atoms. The molecule has 0 aliphatic rings. The normalized spacial score (nSPS) is 12.6. The highest BCUT2D eigenvalue weighted by Gasteiger charge is 2.30. The molecular formula is C13H14F4N2. The zero-order valence-electron chi connectivity index (χ0n) is 10.6. The van der Waals surface area contributed by atoms with Crippen LogP contribution >= 0.6 is 0 Å². The molecule has 0 saturated heterocycles. The third kappa shape index (κ3) is 3.24. The number of halogens is 4. The minimum Gasteiger partial charge on any atom is -0.319 e. The van der Waals surface area contributed by atoms with Gasteiger partial charge < -0.3 is 4.57 Å². The van der Waals surface area contributed by atoms with Crippen molar-refractivity contribution in [3.8, 4) is 0 Å². The fourth-order valence-electron chi connectivity index (χ4n) is 2.03. The molecule has 0 atom stereocenters. The van der Waals surface area contributed by atoms with Gasteiger partial charge in [0.1, 0.15) is 18.2 Å². The number of aromatic nitrogens is 2. The molecule has 0 radical (unpaired) electrons. The van der Waals surface area contributed by atoms with Crippen LogP contribution in [0.3, 0.4) is 0 Å². The van der Waals surface area contributed by atoms with Crippen LogP contribution in [-0.2, 0) is 13.0 Å². The number of imidazole rings is 1. The molecule has 104 valence electrons. The van der Waals surface area contributed by atoms with Gasteiger partial charge >= 0.3 is 6.18 Å². The summed E-state index contributed by atoms with van der Waals surface area (Å²) in [6, 6.07) is 3.65. The van der Waals surface area contributed by atoms with Crippen LogP contribution in [0.5, 0.6) is 0 Å². The second-order valence-electron chi connectivity index (χ2n) is 4.96. The molecule has 2 aromatic rings. The molecule has 1 aromatic carbocycles. The van der Waals surface area contributed by atoms with Gasteiger partial charge in [0.05, 0.1) is 11.0 Å². The summed E-state index contributed by atoms with van der Waals surface area (Å²) in [4.78, 5) is 4.12. The molecule has 0 fully saturated rings. The second kappa shape index (κ2) is 4.83. The Balaban J connectivity index is 2.54. The predicted octanol–water partition coefficient (Wildman–Crippen LogP) is 3.94. The van der Waals surface area contributed by atoms with E-state index in [0.29, 0.717) is 17.8 Å². The number of alkyl halides is 3. The highest BCUT2D eigenvalue weighted by Crippen LogP contribution is 2.25. The van der Waals surface area contributed by atoms with Crippen LogP contribution in [0.25, 0.3) is 11.0 Å². The Kier molecular flexibility index (Phi) is 3.52. The van der Waals surface area contributed by atoms with E-state index in [9.17, 15) is 17.6 Å². The lowest BCUT2D eigenvalue weighted by Crippen LogP contribution is -2.20. The predicted molar refractivity (Wildman–Crippen MR) is 64.3 cm³/mol. The van der Waals surface area contributed by atoms with Gasteiger partial charge in [0.25, 0.3) is 0 Å². The molecule has 0 aliphatic carbocycles. The van der Waals surface area contributed by atoms with E-state index < -0.39 is 18.5 Å². The first kappa shape index (κ1) is 13.8. The number of hydrogen-bond acceptors (Lipinski definition) is 1. The number of hydrogen-bond donors (Lipinski definition) is 0. The van der Waals surface area contributed by atoms with Crippen LogP contribution in [0.2, 0.25) is 0 Å². The highest BCUT2D eigenvalue weighted by molar-refractivity contribution is 5.76. The monoisotopic (exact) mass is 274 g/mol. The minimum atomic E-state index is -4.33. The summed E-state index contributed by atoms with van der Waals surface area (Å²) >= 11 is 0. The Hall–Kier alpha value is -1.59. The maximum Gasteiger partial charge on any atom is 0.406 e. The zero-order valence-corrected chi connectivity index (χ0v) is 10.6. The van der Waals surface area contributed by atoms with Crippen molar-refractivity contribution in [1.82, 2.24) is 9.55 Å². The van der Waals surface area contributed by atoms with Crippen LogP contribution in [0, 0.1) is 11.7 Å². The van der Waals surface area contributed by atoms with E-state index in [1.165, 1.54) is 6.07 Å². The zero-order chi connectivity index (χ0) is 14.2. The topological polar surface area (TPSA) is 17.8 Å². The van der Waals surface area contributed by atoms with Gasteiger partial charge in [-0.05, 0) is 18.1 Å². The Bertz CT molecular complexity index is 584. The smallest absolute Gasteiger partial charge is 0.319 e. The minimum absolute atomic E-state index is 0.175. The molecule has 0 unspecified atom stereocenters. The number of nitrogens with zero attached hydrogens (tertiary/aromatic N) is 2. The van der Waals surface area contributed by atoms with Gasteiger partial charge in [-0.2, -0.15) is 13.2 Å². The quantitative estimate of drug-likeness (QED) is 0.775. The summed E-state index contributed by atoms with van der Waals surface area (Å²) in [5, 5.41) is 0. The number of benzene rings is 1. The van der Waals surface area contributed by atoms with Crippen LogP contribution in [0.4, 0.5) is 17.6 Å². The van der Waals surface area contributed by atoms with E-state index in [1.54, 1.807) is 0 Å². The Labute approximate surface area is 108 Å². The molecule has 2 rings (SSSR count). The van der Waals surface area contributed by atoms with Gasteiger partial charge in [-0.1, -0.05) is 13.8 Å². The largest absolute Gasteiger partial charge is 0.406 e. The third-order valence-corrected chi connectivity index (χ3v) is 2.72. The molecule has 6 heteroatoms. The standard InChI is InChI=1S/C13H14F4N2/c1-8(2)5-12-18-10-6-9(14)3-4-11(10)19(12)7-13(15,16)17/h3-4,6,8H,5,7H2,1-2H3. The number of rotatable bonds is 3. The fourth-order valence-corrected chi connectivity index (χ4v) is 2.03. The molecule has 0 aliphatic heterocycles. The lowest BCUT2D eigenvalue weighted by molar-refractivity contribution is -0.140. The first-order valence-corrected chi connectivity index (χ1v) is 5.97. The lowest BCUT2D eigenvalue weighted by Gasteiger charge is -2.13. The third-order valence-electron chi connectivity index (χ3n) is 2.72. The van der Waals surface area contributed by atoms with Gasteiger partial charge in [0.15, 0.2) is 0 Å². The van der Waals surface area contributed by atoms with Crippen molar-refractivity contribution in [1.29, 1.82) is 0 Å². The molecule has 0 saturated carbocycles. The summed E-state index contributed by atoms with van der Waals surface area (Å²) < 4.78 is 52.1. The lowest BCUT2D eigenvalue weighted by atomic mass is 10.1. The summed E-state index contributed by atoms with van der Waals surface area (Å²) in [5.41, 5.74) is 0.578. The average molecular weight is 274 g/mol. The first-order valence-electron chi connectivity index (χ1n) is 5.97. The maximum atomic E-state index is 13.1. The molecule has 1 aromatic heterocycles. The Morgan fingerprint density at radius 2 is 1.95 bits per heavy atom. The molecule has 19 heavy (non-hydrogen) atoms. The summed E-state index contributed by atoms with van der Waals surface area (Å²) in [7, 11) is 0. The first-order chi connectivity index (χ1) is 8.76. The van der Waals surface area contributed by atoms with Gasteiger partial charge in [0.2, 0.25) is 0 Å². The molecule has 0 bridgehead atoms. The van der Waals surface area contributed by atoms with Gasteiger partial charge in [0, 0.05) is 12.5 Å².